The predicted molar refractivity (Wildman–Crippen MR) is 147 cm³/mol. The second kappa shape index (κ2) is 19.4. The van der Waals surface area contributed by atoms with Crippen LogP contribution in [0.15, 0.2) is 12.8 Å². The maximum absolute atomic E-state index is 10.8. The van der Waals surface area contributed by atoms with Crippen LogP contribution in [0.25, 0.3) is 0 Å². The van der Waals surface area contributed by atoms with Crippen molar-refractivity contribution in [3.63, 3.8) is 0 Å². The van der Waals surface area contributed by atoms with Gasteiger partial charge in [-0.25, -0.2) is 9.59 Å². The molecule has 8 nitrogen and oxygen atoms in total. The van der Waals surface area contributed by atoms with E-state index in [0.29, 0.717) is 39.5 Å². The summed E-state index contributed by atoms with van der Waals surface area (Å²) in [7, 11) is 1.29. The lowest BCUT2D eigenvalue weighted by atomic mass is 10.1. The van der Waals surface area contributed by atoms with Gasteiger partial charge in [0.1, 0.15) is 0 Å². The second-order valence-electron chi connectivity index (χ2n) is 9.52. The van der Waals surface area contributed by atoms with Gasteiger partial charge in [0.25, 0.3) is 0 Å². The van der Waals surface area contributed by atoms with Crippen LogP contribution in [0.2, 0.25) is 0 Å². The van der Waals surface area contributed by atoms with Crippen molar-refractivity contribution in [2.45, 2.75) is 64.2 Å². The molecule has 4 aliphatic rings. The van der Waals surface area contributed by atoms with Crippen LogP contribution in [0.5, 0.6) is 0 Å². The first-order valence-electron chi connectivity index (χ1n) is 13.6. The van der Waals surface area contributed by atoms with Crippen LogP contribution in [0.4, 0.5) is 9.59 Å². The van der Waals surface area contributed by atoms with Crippen LogP contribution in [-0.2, 0) is 18.9 Å². The Bertz CT molecular complexity index is 748. The van der Waals surface area contributed by atoms with E-state index in [4.69, 9.17) is 9.47 Å². The van der Waals surface area contributed by atoms with Gasteiger partial charge in [-0.05, 0) is 62.2 Å². The summed E-state index contributed by atoms with van der Waals surface area (Å²) in [4.78, 5) is 21.5. The average Bonchev–Trinajstić information content (AvgIpc) is 3.78. The summed E-state index contributed by atoms with van der Waals surface area (Å²) in [5.74, 6) is 17.1. The van der Waals surface area contributed by atoms with Crippen molar-refractivity contribution in [2.24, 2.45) is 23.7 Å². The van der Waals surface area contributed by atoms with Crippen LogP contribution in [-0.4, -0.2) is 58.8 Å². The highest BCUT2D eigenvalue weighted by Crippen LogP contribution is 2.46. The summed E-state index contributed by atoms with van der Waals surface area (Å²) in [6, 6.07) is 0. The molecule has 0 aromatic rings. The normalized spacial score (nSPS) is 23.9. The zero-order valence-corrected chi connectivity index (χ0v) is 22.4. The van der Waals surface area contributed by atoms with Gasteiger partial charge in [-0.3, -0.25) is 0 Å². The van der Waals surface area contributed by atoms with E-state index in [2.05, 4.69) is 50.4 Å². The summed E-state index contributed by atoms with van der Waals surface area (Å²) < 4.78 is 19.2. The van der Waals surface area contributed by atoms with Gasteiger partial charge < -0.3 is 29.6 Å². The Morgan fingerprint density at radius 1 is 0.757 bits per heavy atom. The fourth-order valence-electron chi connectivity index (χ4n) is 4.38. The van der Waals surface area contributed by atoms with Gasteiger partial charge in [0, 0.05) is 41.6 Å². The van der Waals surface area contributed by atoms with Crippen molar-refractivity contribution in [3.05, 3.63) is 12.8 Å². The van der Waals surface area contributed by atoms with Crippen molar-refractivity contribution in [3.8, 4) is 23.7 Å². The molecule has 0 saturated heterocycles. The van der Waals surface area contributed by atoms with Crippen LogP contribution in [0, 0.1) is 47.4 Å². The minimum atomic E-state index is -0.566. The van der Waals surface area contributed by atoms with Crippen molar-refractivity contribution < 1.29 is 31.4 Å². The molecule has 8 heteroatoms. The first-order chi connectivity index (χ1) is 18.1. The third kappa shape index (κ3) is 15.9. The molecule has 2 fully saturated rings. The Kier molecular flexibility index (Phi) is 16.0. The standard InChI is InChI=1S/C11H20N2O6.2C9H12.2H2/c1-3-19-11(15)13-5-7-18-9-8-17-6-4-12-10(14)16-2;2*1-2-4-6-9-7-8(9)5-3-1;;/h3H,1,4-9H2,2H3,(H,12,14)(H,13,15);2*8-9H,3-7H2;2*1H/t;8-,9?;8-,9+;;/m.0.../s1. The lowest BCUT2D eigenvalue weighted by Crippen LogP contribution is -2.28. The summed E-state index contributed by atoms with van der Waals surface area (Å²) in [5.41, 5.74) is 0. The number of hydrogen-bond acceptors (Lipinski definition) is 6. The molecule has 1 unspecified atom stereocenters. The summed E-state index contributed by atoms with van der Waals surface area (Å²) >= 11 is 0. The fraction of sp³-hybridized carbons (Fsp3) is 0.724. The molecule has 37 heavy (non-hydrogen) atoms. The molecule has 4 atom stereocenters. The number of rotatable bonds is 10. The predicted octanol–water partition coefficient (Wildman–Crippen LogP) is 5.14. The molecule has 4 aliphatic carbocycles. The van der Waals surface area contributed by atoms with Gasteiger partial charge in [0.15, 0.2) is 0 Å². The van der Waals surface area contributed by atoms with E-state index < -0.39 is 12.2 Å². The maximum Gasteiger partial charge on any atom is 0.412 e. The number of fused-ring (bicyclic) bond motifs is 2. The first-order valence-corrected chi connectivity index (χ1v) is 13.6. The van der Waals surface area contributed by atoms with E-state index in [1.165, 1.54) is 71.3 Å². The molecular weight excluding hydrogens is 472 g/mol. The van der Waals surface area contributed by atoms with Crippen LogP contribution < -0.4 is 10.6 Å². The number of methoxy groups -OCH3 is 1. The van der Waals surface area contributed by atoms with E-state index in [-0.39, 0.29) is 2.85 Å². The monoisotopic (exact) mass is 520 g/mol. The lowest BCUT2D eigenvalue weighted by molar-refractivity contribution is 0.0496. The minimum absolute atomic E-state index is 0. The van der Waals surface area contributed by atoms with Gasteiger partial charge in [0.05, 0.1) is 39.8 Å². The van der Waals surface area contributed by atoms with Crippen molar-refractivity contribution in [2.75, 3.05) is 46.6 Å². The molecule has 0 bridgehead atoms. The molecule has 0 spiro atoms. The van der Waals surface area contributed by atoms with Gasteiger partial charge in [0.2, 0.25) is 0 Å². The highest BCUT2D eigenvalue weighted by Gasteiger charge is 2.36. The second-order valence-corrected chi connectivity index (χ2v) is 9.52. The molecule has 4 rings (SSSR count). The number of hydrogen-bond donors (Lipinski definition) is 2. The molecule has 2 N–H and O–H groups in total. The number of amides is 2. The third-order valence-electron chi connectivity index (χ3n) is 6.73. The van der Waals surface area contributed by atoms with E-state index in [9.17, 15) is 9.59 Å². The molecule has 210 valence electrons. The van der Waals surface area contributed by atoms with Gasteiger partial charge in [-0.15, -0.1) is 23.7 Å². The van der Waals surface area contributed by atoms with Crippen LogP contribution >= 0.6 is 0 Å². The molecule has 0 aromatic heterocycles. The Hall–Kier alpha value is -2.68. The SMILES string of the molecule is C1#CCC[C@H]2CC2CC1.C1#CCC[C@H]2C[C@H]2CC1.C=COC(=O)NCCOCCOCCNC(=O)OC.[HH].[HH]. The number of carbonyl (C=O) groups is 2. The Morgan fingerprint density at radius 3 is 1.54 bits per heavy atom. The molecular formula is C29H48N2O6. The maximum atomic E-state index is 10.8. The molecule has 2 saturated carbocycles. The van der Waals surface area contributed by atoms with E-state index in [1.54, 1.807) is 0 Å². The highest BCUT2D eigenvalue weighted by atomic mass is 16.5. The van der Waals surface area contributed by atoms with Gasteiger partial charge >= 0.3 is 12.2 Å². The number of carbonyl (C=O) groups excluding carboxylic acids is 2. The summed E-state index contributed by atoms with van der Waals surface area (Å²) in [6.07, 6.45) is 13.2. The third-order valence-corrected chi connectivity index (χ3v) is 6.73. The topological polar surface area (TPSA) is 95.1 Å². The highest BCUT2D eigenvalue weighted by molar-refractivity contribution is 5.67. The quantitative estimate of drug-likeness (QED) is 0.235. The molecule has 0 aromatic carbocycles. The van der Waals surface area contributed by atoms with Crippen molar-refractivity contribution >= 4 is 12.2 Å². The summed E-state index contributed by atoms with van der Waals surface area (Å²) in [6.45, 7) is 5.50. The minimum Gasteiger partial charge on any atom is -0.453 e. The van der Waals surface area contributed by atoms with E-state index in [1.807, 2.05) is 0 Å². The van der Waals surface area contributed by atoms with Crippen molar-refractivity contribution in [1.29, 1.82) is 0 Å². The molecule has 0 aliphatic heterocycles. The fourth-order valence-corrected chi connectivity index (χ4v) is 4.38. The Balaban J connectivity index is 0.000000595. The number of alkyl carbamates (subject to hydrolysis) is 2. The molecule has 2 amide bonds. The smallest absolute Gasteiger partial charge is 0.412 e. The molecule has 0 heterocycles. The Labute approximate surface area is 225 Å². The number of nitrogens with one attached hydrogen (secondary N) is 2. The number of ether oxygens (including phenoxy) is 4. The Morgan fingerprint density at radius 2 is 1.16 bits per heavy atom. The van der Waals surface area contributed by atoms with Crippen LogP contribution in [0.3, 0.4) is 0 Å². The van der Waals surface area contributed by atoms with E-state index in [0.717, 1.165) is 29.9 Å². The van der Waals surface area contributed by atoms with Crippen LogP contribution in [0.1, 0.15) is 67.1 Å². The lowest BCUT2D eigenvalue weighted by Gasteiger charge is -2.07. The largest absolute Gasteiger partial charge is 0.453 e. The first kappa shape index (κ1) is 30.5. The van der Waals surface area contributed by atoms with Gasteiger partial charge in [-0.1, -0.05) is 6.58 Å². The zero-order valence-electron chi connectivity index (χ0n) is 22.4. The van der Waals surface area contributed by atoms with Crippen molar-refractivity contribution in [1.82, 2.24) is 10.6 Å². The molecule has 0 radical (unpaired) electrons. The summed E-state index contributed by atoms with van der Waals surface area (Å²) in [5, 5.41) is 4.93. The zero-order chi connectivity index (χ0) is 26.6. The van der Waals surface area contributed by atoms with E-state index >= 15 is 0 Å². The average molecular weight is 521 g/mol. The van der Waals surface area contributed by atoms with Gasteiger partial charge in [-0.2, -0.15) is 0 Å².